The molecule has 2 heterocycles. The van der Waals surface area contributed by atoms with Gasteiger partial charge in [-0.15, -0.1) is 11.3 Å². The number of nitrogens with one attached hydrogen (secondary N) is 3. The second-order valence-electron chi connectivity index (χ2n) is 13.5. The SMILES string of the molecule is COC(=O)c1ccc(CCc2c(F)cc(NC(=O)c3c(NC(=O)c4cccc(CN5CCNCC5(C)C)c4)sc4c3CCCC4)cc2F)cc1. The molecular weight excluding hydrogens is 659 g/mol. The minimum Gasteiger partial charge on any atom is -0.465 e. The van der Waals surface area contributed by atoms with Gasteiger partial charge in [0, 0.05) is 53.4 Å². The van der Waals surface area contributed by atoms with Crippen LogP contribution in [0.3, 0.4) is 0 Å². The largest absolute Gasteiger partial charge is 0.465 e. The Balaban J connectivity index is 1.17. The lowest BCUT2D eigenvalue weighted by Gasteiger charge is -2.43. The van der Waals surface area contributed by atoms with E-state index in [1.165, 1.54) is 18.4 Å². The van der Waals surface area contributed by atoms with Crippen LogP contribution in [-0.4, -0.2) is 55.0 Å². The zero-order valence-electron chi connectivity index (χ0n) is 28.6. The molecule has 8 nitrogen and oxygen atoms in total. The molecule has 2 aliphatic rings. The highest BCUT2D eigenvalue weighted by molar-refractivity contribution is 7.17. The van der Waals surface area contributed by atoms with Gasteiger partial charge in [0.05, 0.1) is 18.2 Å². The van der Waals surface area contributed by atoms with Crippen LogP contribution in [0.5, 0.6) is 0 Å². The second-order valence-corrected chi connectivity index (χ2v) is 14.6. The van der Waals surface area contributed by atoms with E-state index < -0.39 is 23.5 Å². The molecule has 0 radical (unpaired) electrons. The van der Waals surface area contributed by atoms with Gasteiger partial charge in [-0.25, -0.2) is 13.6 Å². The zero-order valence-corrected chi connectivity index (χ0v) is 29.4. The van der Waals surface area contributed by atoms with E-state index in [-0.39, 0.29) is 29.1 Å². The number of nitrogens with zero attached hydrogens (tertiary/aromatic N) is 1. The Morgan fingerprint density at radius 1 is 0.900 bits per heavy atom. The number of amides is 2. The predicted molar refractivity (Wildman–Crippen MR) is 192 cm³/mol. The number of thiophene rings is 1. The number of methoxy groups -OCH3 is 1. The van der Waals surface area contributed by atoms with Crippen molar-refractivity contribution in [3.8, 4) is 0 Å². The highest BCUT2D eigenvalue weighted by Crippen LogP contribution is 2.39. The van der Waals surface area contributed by atoms with Crippen molar-refractivity contribution in [1.29, 1.82) is 0 Å². The maximum atomic E-state index is 15.2. The maximum Gasteiger partial charge on any atom is 0.337 e. The summed E-state index contributed by atoms with van der Waals surface area (Å²) in [6, 6.07) is 16.5. The third-order valence-corrected chi connectivity index (χ3v) is 10.8. The van der Waals surface area contributed by atoms with Gasteiger partial charge in [-0.05, 0) is 105 Å². The number of piperazine rings is 1. The monoisotopic (exact) mass is 700 g/mol. The fraction of sp³-hybridized carbons (Fsp3) is 0.359. The van der Waals surface area contributed by atoms with Crippen LogP contribution in [0.4, 0.5) is 19.5 Å². The van der Waals surface area contributed by atoms with Crippen molar-refractivity contribution < 1.29 is 27.9 Å². The number of esters is 1. The molecule has 0 unspecified atom stereocenters. The standard InChI is InChI=1S/C39H42F2N4O4S/c1-39(2)23-42-17-18-45(39)22-25-7-6-8-27(19-25)35(46)44-37-34(30-9-4-5-10-33(30)50-37)36(47)43-28-20-31(40)29(32(41)21-28)16-13-24-11-14-26(15-12-24)38(48)49-3/h6-8,11-12,14-15,19-21,42H,4-5,9-10,13,16-18,22-23H2,1-3H3,(H,43,47)(H,44,46). The van der Waals surface area contributed by atoms with Crippen molar-refractivity contribution in [2.75, 3.05) is 37.4 Å². The van der Waals surface area contributed by atoms with Crippen LogP contribution in [0.25, 0.3) is 0 Å². The summed E-state index contributed by atoms with van der Waals surface area (Å²) in [5.74, 6) is -2.83. The summed E-state index contributed by atoms with van der Waals surface area (Å²) in [6.45, 7) is 7.83. The lowest BCUT2D eigenvalue weighted by atomic mass is 9.95. The minimum atomic E-state index is -0.767. The number of benzene rings is 3. The lowest BCUT2D eigenvalue weighted by molar-refractivity contribution is 0.0600. The molecule has 1 aromatic heterocycles. The molecule has 1 aliphatic carbocycles. The first-order chi connectivity index (χ1) is 24.0. The number of fused-ring (bicyclic) bond motifs is 1. The molecule has 0 bridgehead atoms. The molecule has 262 valence electrons. The van der Waals surface area contributed by atoms with Crippen molar-refractivity contribution in [3.63, 3.8) is 0 Å². The fourth-order valence-corrected chi connectivity index (χ4v) is 8.00. The summed E-state index contributed by atoms with van der Waals surface area (Å²) in [5, 5.41) is 9.56. The zero-order chi connectivity index (χ0) is 35.4. The Bertz CT molecular complexity index is 1880. The molecule has 3 N–H and O–H groups in total. The minimum absolute atomic E-state index is 0.00671. The van der Waals surface area contributed by atoms with Gasteiger partial charge in [-0.1, -0.05) is 24.3 Å². The molecule has 1 aliphatic heterocycles. The van der Waals surface area contributed by atoms with Gasteiger partial charge < -0.3 is 20.7 Å². The number of carbonyl (C=O) groups excluding carboxylic acids is 3. The van der Waals surface area contributed by atoms with Gasteiger partial charge in [-0.3, -0.25) is 14.5 Å². The van der Waals surface area contributed by atoms with Crippen molar-refractivity contribution in [2.45, 2.75) is 64.5 Å². The van der Waals surface area contributed by atoms with E-state index in [9.17, 15) is 14.4 Å². The van der Waals surface area contributed by atoms with Gasteiger partial charge in [0.2, 0.25) is 0 Å². The van der Waals surface area contributed by atoms with Gasteiger partial charge in [-0.2, -0.15) is 0 Å². The van der Waals surface area contributed by atoms with Crippen LogP contribution in [0.2, 0.25) is 0 Å². The summed E-state index contributed by atoms with van der Waals surface area (Å²) < 4.78 is 35.2. The van der Waals surface area contributed by atoms with E-state index in [4.69, 9.17) is 4.74 Å². The van der Waals surface area contributed by atoms with Crippen molar-refractivity contribution in [3.05, 3.63) is 116 Å². The third-order valence-electron chi connectivity index (χ3n) is 9.60. The second kappa shape index (κ2) is 15.2. The first-order valence-corrected chi connectivity index (χ1v) is 17.8. The molecule has 50 heavy (non-hydrogen) atoms. The normalized spacial score (nSPS) is 15.6. The van der Waals surface area contributed by atoms with Crippen LogP contribution < -0.4 is 16.0 Å². The van der Waals surface area contributed by atoms with Gasteiger partial charge in [0.1, 0.15) is 16.6 Å². The first kappa shape index (κ1) is 35.4. The van der Waals surface area contributed by atoms with Crippen molar-refractivity contribution >= 4 is 39.8 Å². The number of anilines is 2. The van der Waals surface area contributed by atoms with E-state index in [1.807, 2.05) is 18.2 Å². The number of hydrogen-bond donors (Lipinski definition) is 3. The van der Waals surface area contributed by atoms with Crippen molar-refractivity contribution in [1.82, 2.24) is 10.2 Å². The molecule has 3 aromatic carbocycles. The molecule has 1 saturated heterocycles. The van der Waals surface area contributed by atoms with Crippen LogP contribution >= 0.6 is 11.3 Å². The van der Waals surface area contributed by atoms with E-state index >= 15 is 8.78 Å². The van der Waals surface area contributed by atoms with Crippen LogP contribution in [0, 0.1) is 11.6 Å². The number of hydrogen-bond acceptors (Lipinski definition) is 7. The molecule has 6 rings (SSSR count). The number of ether oxygens (including phenoxy) is 1. The Hall–Kier alpha value is -4.45. The highest BCUT2D eigenvalue weighted by atomic mass is 32.1. The summed E-state index contributed by atoms with van der Waals surface area (Å²) in [6.07, 6.45) is 3.82. The molecule has 0 saturated carbocycles. The van der Waals surface area contributed by atoms with Gasteiger partial charge >= 0.3 is 5.97 Å². The molecular formula is C39H42F2N4O4S. The van der Waals surface area contributed by atoms with E-state index in [0.717, 1.165) is 72.6 Å². The van der Waals surface area contributed by atoms with E-state index in [1.54, 1.807) is 30.3 Å². The number of aryl methyl sites for hydroxylation is 2. The van der Waals surface area contributed by atoms with E-state index in [0.29, 0.717) is 41.1 Å². The van der Waals surface area contributed by atoms with Gasteiger partial charge in [0.15, 0.2) is 0 Å². The van der Waals surface area contributed by atoms with Gasteiger partial charge in [0.25, 0.3) is 11.8 Å². The quantitative estimate of drug-likeness (QED) is 0.152. The highest BCUT2D eigenvalue weighted by Gasteiger charge is 2.30. The van der Waals surface area contributed by atoms with Crippen LogP contribution in [-0.2, 0) is 37.0 Å². The first-order valence-electron chi connectivity index (χ1n) is 17.0. The smallest absolute Gasteiger partial charge is 0.337 e. The van der Waals surface area contributed by atoms with Crippen LogP contribution in [0.15, 0.2) is 60.7 Å². The fourth-order valence-electron chi connectivity index (χ4n) is 6.72. The summed E-state index contributed by atoms with van der Waals surface area (Å²) in [4.78, 5) is 42.5. The predicted octanol–water partition coefficient (Wildman–Crippen LogP) is 7.17. The molecule has 0 atom stereocenters. The van der Waals surface area contributed by atoms with Crippen LogP contribution in [0.1, 0.15) is 84.9 Å². The molecule has 11 heteroatoms. The third kappa shape index (κ3) is 7.96. The summed E-state index contributed by atoms with van der Waals surface area (Å²) in [5.41, 5.74) is 3.83. The number of halogens is 2. The maximum absolute atomic E-state index is 15.2. The lowest BCUT2D eigenvalue weighted by Crippen LogP contribution is -2.57. The molecule has 4 aromatic rings. The number of carbonyl (C=O) groups is 3. The molecule has 2 amide bonds. The topological polar surface area (TPSA) is 99.8 Å². The molecule has 0 spiro atoms. The molecule has 1 fully saturated rings. The van der Waals surface area contributed by atoms with Crippen molar-refractivity contribution in [2.24, 2.45) is 0 Å². The van der Waals surface area contributed by atoms with E-state index in [2.05, 4.69) is 34.7 Å². The average molecular weight is 701 g/mol. The Morgan fingerprint density at radius 3 is 2.36 bits per heavy atom. The Labute approximate surface area is 295 Å². The Kier molecular flexibility index (Phi) is 10.8. The average Bonchev–Trinajstić information content (AvgIpc) is 3.46. The summed E-state index contributed by atoms with van der Waals surface area (Å²) >= 11 is 1.39. The Morgan fingerprint density at radius 2 is 1.64 bits per heavy atom. The number of rotatable bonds is 10. The summed E-state index contributed by atoms with van der Waals surface area (Å²) in [7, 11) is 1.30.